The first-order valence-corrected chi connectivity index (χ1v) is 7.14. The van der Waals surface area contributed by atoms with E-state index in [0.29, 0.717) is 21.2 Å². The van der Waals surface area contributed by atoms with Crippen molar-refractivity contribution in [2.24, 2.45) is 0 Å². The molecule has 0 bridgehead atoms. The van der Waals surface area contributed by atoms with Crippen LogP contribution in [-0.4, -0.2) is 9.53 Å². The zero-order valence-electron chi connectivity index (χ0n) is 7.26. The van der Waals surface area contributed by atoms with Crippen LogP contribution in [0.25, 0.3) is 0 Å². The maximum absolute atomic E-state index is 8.81. The van der Waals surface area contributed by atoms with Crippen LogP contribution in [0, 0.1) is 0 Å². The van der Waals surface area contributed by atoms with Gasteiger partial charge in [0.05, 0.1) is 0 Å². The zero-order chi connectivity index (χ0) is 8.81. The molecule has 1 aromatic carbocycles. The third-order valence-corrected chi connectivity index (χ3v) is 4.14. The molecule has 0 aromatic heterocycles. The number of hydrogen-bond donors (Lipinski definition) is 1. The van der Waals surface area contributed by atoms with E-state index in [1.807, 2.05) is 12.1 Å². The van der Waals surface area contributed by atoms with Crippen molar-refractivity contribution in [3.05, 3.63) is 35.4 Å². The van der Waals surface area contributed by atoms with Crippen molar-refractivity contribution >= 4 is 0 Å². The van der Waals surface area contributed by atoms with Crippen LogP contribution in [0.15, 0.2) is 24.3 Å². The van der Waals surface area contributed by atoms with Gasteiger partial charge in [-0.25, -0.2) is 0 Å². The Labute approximate surface area is 84.1 Å². The van der Waals surface area contributed by atoms with E-state index in [0.717, 1.165) is 5.56 Å². The predicted octanol–water partition coefficient (Wildman–Crippen LogP) is -1.21. The maximum atomic E-state index is 8.81. The molecule has 0 saturated carbocycles. The molecule has 0 fully saturated rings. The summed E-state index contributed by atoms with van der Waals surface area (Å²) in [7, 11) is 0. The summed E-state index contributed by atoms with van der Waals surface area (Å²) in [5.41, 5.74) is 2.43. The summed E-state index contributed by atoms with van der Waals surface area (Å²) >= 11 is 0.372. The molecule has 1 rings (SSSR count). The van der Waals surface area contributed by atoms with E-state index < -0.39 is 0 Å². The van der Waals surface area contributed by atoms with Crippen LogP contribution in [0.4, 0.5) is 0 Å². The van der Waals surface area contributed by atoms with Gasteiger partial charge in [-0.2, -0.15) is 0 Å². The minimum atomic E-state index is 0.156. The minimum absolute atomic E-state index is 0.156. The Morgan fingerprint density at radius 3 is 2.25 bits per heavy atom. The molecule has 0 heterocycles. The van der Waals surface area contributed by atoms with Gasteiger partial charge in [-0.05, 0) is 0 Å². The van der Waals surface area contributed by atoms with Gasteiger partial charge >= 0.3 is 84.1 Å². The quantitative estimate of drug-likeness (QED) is 0.541. The van der Waals surface area contributed by atoms with Crippen molar-refractivity contribution in [2.75, 3.05) is 4.43 Å². The summed E-state index contributed by atoms with van der Waals surface area (Å²) < 4.78 is 2.61. The zero-order valence-corrected chi connectivity index (χ0v) is 9.41. The standard InChI is InChI=1S/C10H14IO/c1-2-11-7-9-3-5-10(8-12)6-4-9/h3-6,12H,2,7-8H2,1H3/q-1. The van der Waals surface area contributed by atoms with Crippen molar-refractivity contribution in [3.63, 3.8) is 0 Å². The van der Waals surface area contributed by atoms with Gasteiger partial charge in [-0.15, -0.1) is 0 Å². The van der Waals surface area contributed by atoms with Gasteiger partial charge in [0.2, 0.25) is 0 Å². The number of alkyl halides is 2. The van der Waals surface area contributed by atoms with E-state index in [1.165, 1.54) is 14.4 Å². The van der Waals surface area contributed by atoms with Crippen LogP contribution >= 0.6 is 0 Å². The molecule has 0 amide bonds. The number of aliphatic hydroxyl groups is 1. The van der Waals surface area contributed by atoms with Crippen LogP contribution in [0.2, 0.25) is 0 Å². The topological polar surface area (TPSA) is 20.2 Å². The van der Waals surface area contributed by atoms with Gasteiger partial charge in [0, 0.05) is 0 Å². The van der Waals surface area contributed by atoms with Crippen molar-refractivity contribution in [3.8, 4) is 0 Å². The van der Waals surface area contributed by atoms with E-state index in [4.69, 9.17) is 5.11 Å². The number of rotatable bonds is 4. The Morgan fingerprint density at radius 2 is 1.75 bits per heavy atom. The molecule has 0 unspecified atom stereocenters. The first-order valence-electron chi connectivity index (χ1n) is 4.09. The molecule has 0 atom stereocenters. The van der Waals surface area contributed by atoms with Crippen LogP contribution in [0.1, 0.15) is 18.1 Å². The summed E-state index contributed by atoms with van der Waals surface area (Å²) in [6.45, 7) is 2.40. The summed E-state index contributed by atoms with van der Waals surface area (Å²) in [6.07, 6.45) is 0. The molecule has 0 aliphatic heterocycles. The molecular formula is C10H14IO-. The van der Waals surface area contributed by atoms with Crippen molar-refractivity contribution in [1.82, 2.24) is 0 Å². The number of benzene rings is 1. The molecule has 0 spiro atoms. The molecule has 1 nitrogen and oxygen atoms in total. The fourth-order valence-electron chi connectivity index (χ4n) is 0.937. The summed E-state index contributed by atoms with van der Waals surface area (Å²) in [5.74, 6) is 0. The Kier molecular flexibility index (Phi) is 4.61. The molecule has 68 valence electrons. The molecule has 0 radical (unpaired) electrons. The van der Waals surface area contributed by atoms with Crippen molar-refractivity contribution < 1.29 is 26.3 Å². The molecule has 12 heavy (non-hydrogen) atoms. The van der Waals surface area contributed by atoms with Gasteiger partial charge in [0.1, 0.15) is 0 Å². The summed E-state index contributed by atoms with van der Waals surface area (Å²) in [4.78, 5) is 0. The van der Waals surface area contributed by atoms with Gasteiger partial charge in [0.25, 0.3) is 0 Å². The Balaban J connectivity index is 2.53. The molecule has 1 N–H and O–H groups in total. The molecule has 0 aliphatic rings. The SMILES string of the molecule is CC[I-]Cc1ccc(CO)cc1. The summed E-state index contributed by atoms with van der Waals surface area (Å²) in [6, 6.07) is 8.27. The Bertz CT molecular complexity index is 218. The predicted molar refractivity (Wildman–Crippen MR) is 46.6 cm³/mol. The van der Waals surface area contributed by atoms with E-state index >= 15 is 0 Å². The fraction of sp³-hybridized carbons (Fsp3) is 0.400. The number of aliphatic hydroxyl groups excluding tert-OH is 1. The Hall–Kier alpha value is -0.0900. The first-order chi connectivity index (χ1) is 5.86. The average molecular weight is 277 g/mol. The Morgan fingerprint density at radius 1 is 1.17 bits per heavy atom. The van der Waals surface area contributed by atoms with E-state index in [2.05, 4.69) is 19.1 Å². The molecule has 1 aromatic rings. The van der Waals surface area contributed by atoms with Crippen molar-refractivity contribution in [2.45, 2.75) is 18.0 Å². The first kappa shape index (κ1) is 9.99. The second kappa shape index (κ2) is 5.54. The fourth-order valence-corrected chi connectivity index (χ4v) is 2.61. The van der Waals surface area contributed by atoms with Gasteiger partial charge in [-0.1, -0.05) is 0 Å². The molecule has 0 saturated heterocycles. The van der Waals surface area contributed by atoms with Crippen molar-refractivity contribution in [1.29, 1.82) is 0 Å². The van der Waals surface area contributed by atoms with Crippen LogP contribution in [0.3, 0.4) is 0 Å². The van der Waals surface area contributed by atoms with E-state index in [-0.39, 0.29) is 6.61 Å². The van der Waals surface area contributed by atoms with Crippen LogP contribution < -0.4 is 21.2 Å². The van der Waals surface area contributed by atoms with Gasteiger partial charge in [0.15, 0.2) is 0 Å². The second-order valence-corrected chi connectivity index (χ2v) is 5.93. The third-order valence-electron chi connectivity index (χ3n) is 1.64. The normalized spacial score (nSPS) is 10.5. The van der Waals surface area contributed by atoms with Gasteiger partial charge in [-0.3, -0.25) is 0 Å². The third kappa shape index (κ3) is 3.11. The van der Waals surface area contributed by atoms with Crippen LogP contribution in [0.5, 0.6) is 0 Å². The monoisotopic (exact) mass is 277 g/mol. The number of halogens is 1. The van der Waals surface area contributed by atoms with E-state index in [1.54, 1.807) is 0 Å². The summed E-state index contributed by atoms with van der Waals surface area (Å²) in [5, 5.41) is 8.81. The van der Waals surface area contributed by atoms with E-state index in [9.17, 15) is 0 Å². The second-order valence-electron chi connectivity index (χ2n) is 2.56. The van der Waals surface area contributed by atoms with Crippen LogP contribution in [-0.2, 0) is 11.0 Å². The number of hydrogen-bond acceptors (Lipinski definition) is 1. The average Bonchev–Trinajstić information content (AvgIpc) is 2.15. The molecule has 0 aliphatic carbocycles. The molecular weight excluding hydrogens is 263 g/mol. The molecule has 2 heteroatoms. The van der Waals surface area contributed by atoms with Gasteiger partial charge < -0.3 is 0 Å².